The van der Waals surface area contributed by atoms with E-state index in [4.69, 9.17) is 5.11 Å². The van der Waals surface area contributed by atoms with Crippen molar-refractivity contribution in [2.45, 2.75) is 12.3 Å². The first-order valence-corrected chi connectivity index (χ1v) is 7.21. The first-order valence-electron chi connectivity index (χ1n) is 6.33. The Hall–Kier alpha value is -2.14. The number of carbonyl (C=O) groups excluding carboxylic acids is 1. The summed E-state index contributed by atoms with van der Waals surface area (Å²) >= 11 is 1.40. The fourth-order valence-electron chi connectivity index (χ4n) is 2.61. The molecule has 1 N–H and O–H groups in total. The third-order valence-electron chi connectivity index (χ3n) is 3.47. The predicted molar refractivity (Wildman–Crippen MR) is 77.4 cm³/mol. The number of anilines is 1. The van der Waals surface area contributed by atoms with E-state index in [-0.39, 0.29) is 18.2 Å². The van der Waals surface area contributed by atoms with E-state index in [2.05, 4.69) is 0 Å². The Morgan fingerprint density at radius 3 is 2.75 bits per heavy atom. The molecule has 3 rings (SSSR count). The first-order chi connectivity index (χ1) is 9.66. The summed E-state index contributed by atoms with van der Waals surface area (Å²) in [5, 5.41) is 10.9. The van der Waals surface area contributed by atoms with Crippen LogP contribution in [-0.4, -0.2) is 23.5 Å². The van der Waals surface area contributed by atoms with Crippen LogP contribution in [-0.2, 0) is 4.79 Å². The Bertz CT molecular complexity index is 651. The Morgan fingerprint density at radius 2 is 2.05 bits per heavy atom. The van der Waals surface area contributed by atoms with Gasteiger partial charge in [0, 0.05) is 18.2 Å². The van der Waals surface area contributed by atoms with Crippen molar-refractivity contribution in [3.05, 3.63) is 52.2 Å². The number of carboxylic acids is 1. The second-order valence-electron chi connectivity index (χ2n) is 4.75. The first kappa shape index (κ1) is 12.9. The summed E-state index contributed by atoms with van der Waals surface area (Å²) in [6, 6.07) is 11.2. The number of hydrogen-bond donors (Lipinski definition) is 1. The number of aliphatic carboxylic acids is 1. The van der Waals surface area contributed by atoms with E-state index >= 15 is 0 Å². The zero-order chi connectivity index (χ0) is 14.1. The molecule has 1 atom stereocenters. The zero-order valence-corrected chi connectivity index (χ0v) is 11.5. The van der Waals surface area contributed by atoms with Crippen molar-refractivity contribution in [1.82, 2.24) is 0 Å². The molecule has 1 aliphatic heterocycles. The highest BCUT2D eigenvalue weighted by atomic mass is 32.1. The quantitative estimate of drug-likeness (QED) is 0.944. The number of nitrogens with zero attached hydrogens (tertiary/aromatic N) is 1. The van der Waals surface area contributed by atoms with Crippen LogP contribution in [0.5, 0.6) is 0 Å². The van der Waals surface area contributed by atoms with Crippen LogP contribution in [0, 0.1) is 0 Å². The largest absolute Gasteiger partial charge is 0.481 e. The van der Waals surface area contributed by atoms with E-state index in [1.165, 1.54) is 11.3 Å². The number of para-hydroxylation sites is 1. The topological polar surface area (TPSA) is 57.6 Å². The van der Waals surface area contributed by atoms with E-state index in [1.807, 2.05) is 35.7 Å². The van der Waals surface area contributed by atoms with Crippen LogP contribution < -0.4 is 4.90 Å². The maximum Gasteiger partial charge on any atom is 0.304 e. The zero-order valence-electron chi connectivity index (χ0n) is 10.7. The van der Waals surface area contributed by atoms with Gasteiger partial charge in [0.15, 0.2) is 0 Å². The second kappa shape index (κ2) is 5.09. The van der Waals surface area contributed by atoms with Crippen molar-refractivity contribution in [3.63, 3.8) is 0 Å². The predicted octanol–water partition coefficient (Wildman–Crippen LogP) is 2.97. The average molecular weight is 287 g/mol. The minimum absolute atomic E-state index is 0.0469. The number of hydrogen-bond acceptors (Lipinski definition) is 3. The van der Waals surface area contributed by atoms with Crippen LogP contribution >= 0.6 is 11.3 Å². The lowest BCUT2D eigenvalue weighted by Crippen LogP contribution is -2.29. The highest BCUT2D eigenvalue weighted by Crippen LogP contribution is 2.38. The summed E-state index contributed by atoms with van der Waals surface area (Å²) in [5.41, 5.74) is 1.77. The SMILES string of the molecule is O=C(O)CC1CN(C(=O)c2cccs2)c2ccccc21. The van der Waals surface area contributed by atoms with Gasteiger partial charge in [-0.05, 0) is 23.1 Å². The molecule has 20 heavy (non-hydrogen) atoms. The second-order valence-corrected chi connectivity index (χ2v) is 5.69. The fraction of sp³-hybridized carbons (Fsp3) is 0.200. The van der Waals surface area contributed by atoms with Gasteiger partial charge in [0.2, 0.25) is 0 Å². The summed E-state index contributed by atoms with van der Waals surface area (Å²) in [6.07, 6.45) is 0.0469. The highest BCUT2D eigenvalue weighted by molar-refractivity contribution is 7.12. The molecule has 2 heterocycles. The van der Waals surface area contributed by atoms with Crippen LogP contribution in [0.25, 0.3) is 0 Å². The van der Waals surface area contributed by atoms with Crippen LogP contribution in [0.3, 0.4) is 0 Å². The Morgan fingerprint density at radius 1 is 1.25 bits per heavy atom. The van der Waals surface area contributed by atoms with Gasteiger partial charge >= 0.3 is 5.97 Å². The number of amides is 1. The van der Waals surface area contributed by atoms with Gasteiger partial charge < -0.3 is 10.0 Å². The van der Waals surface area contributed by atoms with E-state index < -0.39 is 5.97 Å². The number of thiophene rings is 1. The lowest BCUT2D eigenvalue weighted by Gasteiger charge is -2.16. The number of carbonyl (C=O) groups is 2. The number of benzene rings is 1. The molecule has 0 saturated heterocycles. The molecule has 1 aliphatic rings. The van der Waals surface area contributed by atoms with Gasteiger partial charge in [0.25, 0.3) is 5.91 Å². The van der Waals surface area contributed by atoms with E-state index in [1.54, 1.807) is 11.0 Å². The maximum absolute atomic E-state index is 12.5. The van der Waals surface area contributed by atoms with Crippen molar-refractivity contribution in [1.29, 1.82) is 0 Å². The van der Waals surface area contributed by atoms with E-state index in [0.29, 0.717) is 11.4 Å². The Labute approximate surface area is 120 Å². The molecule has 102 valence electrons. The molecule has 0 saturated carbocycles. The van der Waals surface area contributed by atoms with Gasteiger partial charge in [0.1, 0.15) is 0 Å². The molecule has 0 fully saturated rings. The summed E-state index contributed by atoms with van der Waals surface area (Å²) in [5.74, 6) is -1.02. The monoisotopic (exact) mass is 287 g/mol. The summed E-state index contributed by atoms with van der Waals surface area (Å²) in [6.45, 7) is 0.433. The number of fused-ring (bicyclic) bond motifs is 1. The van der Waals surface area contributed by atoms with Crippen LogP contribution in [0.2, 0.25) is 0 Å². The standard InChI is InChI=1S/C15H13NO3S/c17-14(18)8-10-9-16(12-5-2-1-4-11(10)12)15(19)13-6-3-7-20-13/h1-7,10H,8-9H2,(H,17,18). The molecule has 0 radical (unpaired) electrons. The van der Waals surface area contributed by atoms with Crippen LogP contribution in [0.4, 0.5) is 5.69 Å². The number of rotatable bonds is 3. The molecular weight excluding hydrogens is 274 g/mol. The van der Waals surface area contributed by atoms with Gasteiger partial charge in [-0.15, -0.1) is 11.3 Å². The van der Waals surface area contributed by atoms with Gasteiger partial charge in [0.05, 0.1) is 11.3 Å². The van der Waals surface area contributed by atoms with Crippen LogP contribution in [0.1, 0.15) is 27.6 Å². The molecular formula is C15H13NO3S. The van der Waals surface area contributed by atoms with Gasteiger partial charge in [-0.3, -0.25) is 9.59 Å². The van der Waals surface area contributed by atoms with E-state index in [9.17, 15) is 9.59 Å². The Balaban J connectivity index is 1.94. The summed E-state index contributed by atoms with van der Waals surface area (Å²) in [4.78, 5) is 25.8. The summed E-state index contributed by atoms with van der Waals surface area (Å²) in [7, 11) is 0. The fourth-order valence-corrected chi connectivity index (χ4v) is 3.28. The lowest BCUT2D eigenvalue weighted by atomic mass is 9.98. The van der Waals surface area contributed by atoms with Crippen molar-refractivity contribution in [2.24, 2.45) is 0 Å². The molecule has 1 aromatic carbocycles. The normalized spacial score (nSPS) is 17.0. The van der Waals surface area contributed by atoms with Crippen molar-refractivity contribution in [3.8, 4) is 0 Å². The molecule has 2 aromatic rings. The van der Waals surface area contributed by atoms with Gasteiger partial charge in [-0.2, -0.15) is 0 Å². The highest BCUT2D eigenvalue weighted by Gasteiger charge is 2.33. The van der Waals surface area contributed by atoms with Gasteiger partial charge in [-0.1, -0.05) is 24.3 Å². The smallest absolute Gasteiger partial charge is 0.304 e. The Kier molecular flexibility index (Phi) is 3.28. The van der Waals surface area contributed by atoms with Crippen molar-refractivity contribution >= 4 is 28.9 Å². The molecule has 4 nitrogen and oxygen atoms in total. The molecule has 1 amide bonds. The minimum Gasteiger partial charge on any atom is -0.481 e. The third-order valence-corrected chi connectivity index (χ3v) is 4.33. The third kappa shape index (κ3) is 2.20. The van der Waals surface area contributed by atoms with Gasteiger partial charge in [-0.25, -0.2) is 0 Å². The number of carboxylic acid groups (broad SMARTS) is 1. The van der Waals surface area contributed by atoms with Crippen molar-refractivity contribution < 1.29 is 14.7 Å². The van der Waals surface area contributed by atoms with Crippen molar-refractivity contribution in [2.75, 3.05) is 11.4 Å². The summed E-state index contributed by atoms with van der Waals surface area (Å²) < 4.78 is 0. The van der Waals surface area contributed by atoms with Crippen LogP contribution in [0.15, 0.2) is 41.8 Å². The maximum atomic E-state index is 12.5. The molecule has 1 aromatic heterocycles. The molecule has 0 spiro atoms. The molecule has 1 unspecified atom stereocenters. The molecule has 0 aliphatic carbocycles. The lowest BCUT2D eigenvalue weighted by molar-refractivity contribution is -0.137. The molecule has 5 heteroatoms. The van der Waals surface area contributed by atoms with E-state index in [0.717, 1.165) is 11.3 Å². The molecule has 0 bridgehead atoms. The average Bonchev–Trinajstić information content (AvgIpc) is 3.06. The minimum atomic E-state index is -0.838.